The normalized spacial score (nSPS) is 15.8. The molecule has 2 heterocycles. The molecule has 1 aliphatic rings. The van der Waals surface area contributed by atoms with Crippen molar-refractivity contribution in [3.05, 3.63) is 52.5 Å². The molecule has 1 aromatic carbocycles. The minimum Gasteiger partial charge on any atom is -0.369 e. The number of benzene rings is 1. The third kappa shape index (κ3) is 3.50. The van der Waals surface area contributed by atoms with E-state index in [1.807, 2.05) is 6.07 Å². The Balaban J connectivity index is 1.54. The Bertz CT molecular complexity index is 662. The number of aromatic nitrogens is 2. The largest absolute Gasteiger partial charge is 0.369 e. The van der Waals surface area contributed by atoms with Crippen LogP contribution in [0, 0.1) is 17.0 Å². The quantitative estimate of drug-likeness (QED) is 0.623. The molecule has 1 aliphatic heterocycles. The molecule has 7 nitrogen and oxygen atoms in total. The van der Waals surface area contributed by atoms with Crippen molar-refractivity contribution >= 4 is 11.5 Å². The summed E-state index contributed by atoms with van der Waals surface area (Å²) in [5.41, 5.74) is 1.26. The molecule has 0 unspecified atom stereocenters. The molecule has 1 saturated heterocycles. The molecule has 0 radical (unpaired) electrons. The third-order valence-electron chi connectivity index (χ3n) is 4.35. The van der Waals surface area contributed by atoms with Crippen molar-refractivity contribution in [2.24, 2.45) is 0 Å². The summed E-state index contributed by atoms with van der Waals surface area (Å²) in [5, 5.41) is 11.0. The summed E-state index contributed by atoms with van der Waals surface area (Å²) >= 11 is 0. The van der Waals surface area contributed by atoms with Crippen LogP contribution < -0.4 is 4.90 Å². The first kappa shape index (κ1) is 15.5. The molecule has 0 aliphatic carbocycles. The van der Waals surface area contributed by atoms with E-state index in [1.165, 1.54) is 11.9 Å². The Morgan fingerprint density at radius 1 is 1.13 bits per heavy atom. The molecule has 0 bridgehead atoms. The topological polar surface area (TPSA) is 67.4 Å². The van der Waals surface area contributed by atoms with Gasteiger partial charge in [-0.2, -0.15) is 0 Å². The van der Waals surface area contributed by atoms with Crippen LogP contribution in [-0.4, -0.2) is 52.1 Å². The monoisotopic (exact) mass is 315 g/mol. The van der Waals surface area contributed by atoms with E-state index < -0.39 is 0 Å². The first-order valence-corrected chi connectivity index (χ1v) is 7.84. The molecule has 3 rings (SSSR count). The summed E-state index contributed by atoms with van der Waals surface area (Å²) in [6, 6.07) is 10.4. The SMILES string of the molecule is Cc1ncc([N+](=O)[O-])n1CCN1CCN(c2ccccc2)CC1. The van der Waals surface area contributed by atoms with Gasteiger partial charge in [-0.15, -0.1) is 0 Å². The molecule has 0 N–H and O–H groups in total. The van der Waals surface area contributed by atoms with E-state index in [0.717, 1.165) is 32.7 Å². The molecule has 122 valence electrons. The average Bonchev–Trinajstić information content (AvgIpc) is 2.95. The summed E-state index contributed by atoms with van der Waals surface area (Å²) < 4.78 is 1.68. The predicted octanol–water partition coefficient (Wildman–Crippen LogP) is 1.92. The van der Waals surface area contributed by atoms with Gasteiger partial charge >= 0.3 is 5.82 Å². The van der Waals surface area contributed by atoms with Crippen LogP contribution in [0.15, 0.2) is 36.5 Å². The van der Waals surface area contributed by atoms with Crippen LogP contribution in [0.5, 0.6) is 0 Å². The van der Waals surface area contributed by atoms with Gasteiger partial charge in [0.2, 0.25) is 0 Å². The Morgan fingerprint density at radius 2 is 1.83 bits per heavy atom. The average molecular weight is 315 g/mol. The fourth-order valence-corrected chi connectivity index (χ4v) is 2.99. The van der Waals surface area contributed by atoms with Gasteiger partial charge in [-0.25, -0.2) is 9.55 Å². The second-order valence-electron chi connectivity index (χ2n) is 5.74. The van der Waals surface area contributed by atoms with E-state index >= 15 is 0 Å². The Labute approximate surface area is 135 Å². The predicted molar refractivity (Wildman–Crippen MR) is 88.7 cm³/mol. The second kappa shape index (κ2) is 6.78. The highest BCUT2D eigenvalue weighted by atomic mass is 16.6. The van der Waals surface area contributed by atoms with Crippen molar-refractivity contribution in [1.29, 1.82) is 0 Å². The fraction of sp³-hybridized carbons (Fsp3) is 0.438. The zero-order valence-corrected chi connectivity index (χ0v) is 13.3. The summed E-state index contributed by atoms with van der Waals surface area (Å²) in [6.07, 6.45) is 1.34. The lowest BCUT2D eigenvalue weighted by atomic mass is 10.2. The summed E-state index contributed by atoms with van der Waals surface area (Å²) in [7, 11) is 0. The smallest absolute Gasteiger partial charge is 0.342 e. The number of aryl methyl sites for hydroxylation is 1. The van der Waals surface area contributed by atoms with E-state index in [0.29, 0.717) is 12.4 Å². The molecular weight excluding hydrogens is 294 g/mol. The lowest BCUT2D eigenvalue weighted by molar-refractivity contribution is -0.392. The number of piperazine rings is 1. The summed E-state index contributed by atoms with van der Waals surface area (Å²) in [6.45, 7) is 7.12. The molecule has 1 aromatic heterocycles. The molecule has 1 fully saturated rings. The lowest BCUT2D eigenvalue weighted by Crippen LogP contribution is -2.47. The highest BCUT2D eigenvalue weighted by molar-refractivity contribution is 5.46. The zero-order valence-electron chi connectivity index (χ0n) is 13.3. The number of imidazole rings is 1. The maximum atomic E-state index is 11.0. The molecule has 0 saturated carbocycles. The Morgan fingerprint density at radius 3 is 2.48 bits per heavy atom. The van der Waals surface area contributed by atoms with Crippen molar-refractivity contribution in [3.63, 3.8) is 0 Å². The minimum atomic E-state index is -0.368. The standard InChI is InChI=1S/C16H21N5O2/c1-14-17-13-16(21(22)23)20(14)12-9-18-7-10-19(11-8-18)15-5-3-2-4-6-15/h2-6,13H,7-12H2,1H3. The van der Waals surface area contributed by atoms with E-state index in [9.17, 15) is 10.1 Å². The molecule has 2 aromatic rings. The number of anilines is 1. The number of nitro groups is 1. The van der Waals surface area contributed by atoms with Gasteiger partial charge in [0.25, 0.3) is 0 Å². The van der Waals surface area contributed by atoms with Gasteiger partial charge in [0.05, 0.1) is 0 Å². The maximum Gasteiger partial charge on any atom is 0.342 e. The highest BCUT2D eigenvalue weighted by Gasteiger charge is 2.21. The Kier molecular flexibility index (Phi) is 4.57. The molecule has 0 amide bonds. The molecule has 0 spiro atoms. The second-order valence-corrected chi connectivity index (χ2v) is 5.74. The van der Waals surface area contributed by atoms with Crippen LogP contribution in [0.25, 0.3) is 0 Å². The van der Waals surface area contributed by atoms with Gasteiger partial charge < -0.3 is 15.0 Å². The van der Waals surface area contributed by atoms with Gasteiger partial charge in [-0.1, -0.05) is 18.2 Å². The van der Waals surface area contributed by atoms with Crippen molar-refractivity contribution in [1.82, 2.24) is 14.5 Å². The van der Waals surface area contributed by atoms with Crippen LogP contribution in [0.4, 0.5) is 11.5 Å². The number of rotatable bonds is 5. The summed E-state index contributed by atoms with van der Waals surface area (Å²) in [4.78, 5) is 19.4. The number of hydrogen-bond donors (Lipinski definition) is 0. The minimum absolute atomic E-state index is 0.0745. The first-order chi connectivity index (χ1) is 11.1. The first-order valence-electron chi connectivity index (χ1n) is 7.84. The highest BCUT2D eigenvalue weighted by Crippen LogP contribution is 2.17. The van der Waals surface area contributed by atoms with Gasteiger partial charge in [-0.05, 0) is 17.1 Å². The molecule has 23 heavy (non-hydrogen) atoms. The van der Waals surface area contributed by atoms with E-state index in [4.69, 9.17) is 0 Å². The van der Waals surface area contributed by atoms with Crippen LogP contribution in [0.1, 0.15) is 5.82 Å². The fourth-order valence-electron chi connectivity index (χ4n) is 2.99. The van der Waals surface area contributed by atoms with Gasteiger partial charge in [0, 0.05) is 45.3 Å². The molecule has 0 atom stereocenters. The van der Waals surface area contributed by atoms with Gasteiger partial charge in [-0.3, -0.25) is 4.90 Å². The zero-order chi connectivity index (χ0) is 16.2. The van der Waals surface area contributed by atoms with Crippen molar-refractivity contribution < 1.29 is 4.92 Å². The van der Waals surface area contributed by atoms with E-state index in [-0.39, 0.29) is 10.7 Å². The van der Waals surface area contributed by atoms with Gasteiger partial charge in [0.15, 0.2) is 5.82 Å². The van der Waals surface area contributed by atoms with Crippen molar-refractivity contribution in [2.45, 2.75) is 13.5 Å². The Hall–Kier alpha value is -2.41. The molecular formula is C16H21N5O2. The van der Waals surface area contributed by atoms with Crippen molar-refractivity contribution in [2.75, 3.05) is 37.6 Å². The third-order valence-corrected chi connectivity index (χ3v) is 4.35. The van der Waals surface area contributed by atoms with Crippen LogP contribution >= 0.6 is 0 Å². The number of para-hydroxylation sites is 1. The van der Waals surface area contributed by atoms with E-state index in [1.54, 1.807) is 11.5 Å². The van der Waals surface area contributed by atoms with Crippen molar-refractivity contribution in [3.8, 4) is 0 Å². The van der Waals surface area contributed by atoms with Crippen LogP contribution in [0.2, 0.25) is 0 Å². The molecule has 7 heteroatoms. The van der Waals surface area contributed by atoms with Crippen LogP contribution in [-0.2, 0) is 6.54 Å². The number of hydrogen-bond acceptors (Lipinski definition) is 5. The maximum absolute atomic E-state index is 11.0. The van der Waals surface area contributed by atoms with Gasteiger partial charge in [0.1, 0.15) is 12.7 Å². The number of nitrogens with zero attached hydrogens (tertiary/aromatic N) is 5. The summed E-state index contributed by atoms with van der Waals surface area (Å²) in [5.74, 6) is 0.769. The van der Waals surface area contributed by atoms with Crippen LogP contribution in [0.3, 0.4) is 0 Å². The van der Waals surface area contributed by atoms with E-state index in [2.05, 4.69) is 39.0 Å². The lowest BCUT2D eigenvalue weighted by Gasteiger charge is -2.35.